The first kappa shape index (κ1) is 20.4. The van der Waals surface area contributed by atoms with Crippen LogP contribution in [0.3, 0.4) is 0 Å². The van der Waals surface area contributed by atoms with Crippen molar-refractivity contribution in [3.8, 4) is 0 Å². The number of hydrogen-bond donors (Lipinski definition) is 0. The fourth-order valence-electron chi connectivity index (χ4n) is 0.710. The van der Waals surface area contributed by atoms with Gasteiger partial charge in [0.15, 0.2) is 0 Å². The zero-order valence-electron chi connectivity index (χ0n) is 8.15. The van der Waals surface area contributed by atoms with Crippen molar-refractivity contribution in [2.75, 3.05) is 14.1 Å². The van der Waals surface area contributed by atoms with Gasteiger partial charge in [-0.05, 0) is 12.1 Å². The molecule has 90 valence electrons. The molecule has 0 bridgehead atoms. The summed E-state index contributed by atoms with van der Waals surface area (Å²) >= 11 is 0. The van der Waals surface area contributed by atoms with Crippen LogP contribution in [0.4, 0.5) is 0 Å². The number of rotatable bonds is 2. The first-order valence-corrected chi connectivity index (χ1v) is 4.81. The SMILES string of the molecule is CN(C)S(=O)(=O)c1cccnc1.Cl.Cl.Cl. The smallest absolute Gasteiger partial charge is 0.244 e. The quantitative estimate of drug-likeness (QED) is 0.833. The topological polar surface area (TPSA) is 50.3 Å². The first-order valence-electron chi connectivity index (χ1n) is 3.37. The molecule has 0 radical (unpaired) electrons. The van der Waals surface area contributed by atoms with Crippen molar-refractivity contribution >= 4 is 47.2 Å². The maximum Gasteiger partial charge on any atom is 0.244 e. The molecule has 8 heteroatoms. The molecule has 0 amide bonds. The lowest BCUT2D eigenvalue weighted by Gasteiger charge is -2.09. The van der Waals surface area contributed by atoms with E-state index in [0.717, 1.165) is 4.31 Å². The summed E-state index contributed by atoms with van der Waals surface area (Å²) in [6.07, 6.45) is 2.87. The number of aromatic nitrogens is 1. The molecule has 0 aliphatic heterocycles. The lowest BCUT2D eigenvalue weighted by molar-refractivity contribution is 0.520. The van der Waals surface area contributed by atoms with Gasteiger partial charge in [-0.25, -0.2) is 12.7 Å². The predicted octanol–water partition coefficient (Wildman–Crippen LogP) is 1.60. The average molecular weight is 296 g/mol. The Bertz CT molecular complexity index is 356. The standard InChI is InChI=1S/C7H10N2O2S.3ClH/c1-9(2)12(10,11)7-4-3-5-8-6-7;;;/h3-6H,1-2H3;3*1H. The molecular weight excluding hydrogens is 283 g/mol. The zero-order valence-corrected chi connectivity index (χ0v) is 11.4. The Morgan fingerprint density at radius 3 is 2.07 bits per heavy atom. The van der Waals surface area contributed by atoms with Crippen molar-refractivity contribution in [3.05, 3.63) is 24.5 Å². The summed E-state index contributed by atoms with van der Waals surface area (Å²) < 4.78 is 24.0. The third-order valence-electron chi connectivity index (χ3n) is 1.41. The molecule has 1 heterocycles. The van der Waals surface area contributed by atoms with Crippen LogP contribution in [0.2, 0.25) is 0 Å². The molecule has 0 unspecified atom stereocenters. The van der Waals surface area contributed by atoms with Gasteiger partial charge in [0.1, 0.15) is 4.90 Å². The number of sulfonamides is 1. The molecule has 0 spiro atoms. The molecule has 0 aliphatic rings. The molecule has 0 saturated carbocycles. The second-order valence-corrected chi connectivity index (χ2v) is 4.63. The van der Waals surface area contributed by atoms with Crippen LogP contribution < -0.4 is 0 Å². The number of pyridine rings is 1. The number of hydrogen-bond acceptors (Lipinski definition) is 3. The molecule has 0 aliphatic carbocycles. The summed E-state index contributed by atoms with van der Waals surface area (Å²) in [7, 11) is -0.329. The van der Waals surface area contributed by atoms with Gasteiger partial charge in [0.2, 0.25) is 10.0 Å². The van der Waals surface area contributed by atoms with Crippen LogP contribution in [0.25, 0.3) is 0 Å². The van der Waals surface area contributed by atoms with E-state index >= 15 is 0 Å². The largest absolute Gasteiger partial charge is 0.263 e. The lowest BCUT2D eigenvalue weighted by atomic mass is 10.5. The van der Waals surface area contributed by atoms with Crippen LogP contribution in [0.15, 0.2) is 29.4 Å². The van der Waals surface area contributed by atoms with E-state index in [0.29, 0.717) is 0 Å². The van der Waals surface area contributed by atoms with E-state index in [1.807, 2.05) is 0 Å². The fraction of sp³-hybridized carbons (Fsp3) is 0.286. The van der Waals surface area contributed by atoms with E-state index in [4.69, 9.17) is 0 Å². The van der Waals surface area contributed by atoms with Gasteiger partial charge >= 0.3 is 0 Å². The van der Waals surface area contributed by atoms with Crippen LogP contribution in [0, 0.1) is 0 Å². The summed E-state index contributed by atoms with van der Waals surface area (Å²) in [5.74, 6) is 0. The van der Waals surface area contributed by atoms with Gasteiger partial charge in [-0.15, -0.1) is 37.2 Å². The van der Waals surface area contributed by atoms with Gasteiger partial charge < -0.3 is 0 Å². The van der Waals surface area contributed by atoms with E-state index in [1.54, 1.807) is 6.07 Å². The van der Waals surface area contributed by atoms with Crippen molar-refractivity contribution < 1.29 is 8.42 Å². The van der Waals surface area contributed by atoms with Crippen LogP contribution in [-0.4, -0.2) is 31.8 Å². The van der Waals surface area contributed by atoms with Gasteiger partial charge in [-0.2, -0.15) is 0 Å². The van der Waals surface area contributed by atoms with E-state index < -0.39 is 10.0 Å². The molecule has 0 N–H and O–H groups in total. The van der Waals surface area contributed by atoms with Crippen LogP contribution in [0.5, 0.6) is 0 Å². The minimum atomic E-state index is -3.31. The van der Waals surface area contributed by atoms with Gasteiger partial charge in [0, 0.05) is 26.5 Å². The Hall–Kier alpha value is -0.0700. The third-order valence-corrected chi connectivity index (χ3v) is 3.21. The lowest BCUT2D eigenvalue weighted by Crippen LogP contribution is -2.22. The van der Waals surface area contributed by atoms with Gasteiger partial charge in [-0.3, -0.25) is 4.98 Å². The van der Waals surface area contributed by atoms with Crippen LogP contribution in [-0.2, 0) is 10.0 Å². The van der Waals surface area contributed by atoms with Crippen molar-refractivity contribution in [2.45, 2.75) is 4.90 Å². The third kappa shape index (κ3) is 4.99. The monoisotopic (exact) mass is 294 g/mol. The Labute approximate surface area is 108 Å². The molecule has 1 aromatic rings. The number of nitrogens with zero attached hydrogens (tertiary/aromatic N) is 2. The normalized spacial score (nSPS) is 9.53. The molecule has 0 saturated heterocycles. The molecule has 1 aromatic heterocycles. The van der Waals surface area contributed by atoms with E-state index in [9.17, 15) is 8.42 Å². The second kappa shape index (κ2) is 8.13. The molecule has 0 fully saturated rings. The van der Waals surface area contributed by atoms with Crippen molar-refractivity contribution in [1.82, 2.24) is 9.29 Å². The highest BCUT2D eigenvalue weighted by Gasteiger charge is 2.15. The Morgan fingerprint density at radius 2 is 1.73 bits per heavy atom. The Balaban J connectivity index is -0.000000480. The molecule has 0 aromatic carbocycles. The van der Waals surface area contributed by atoms with E-state index in [1.165, 1.54) is 32.6 Å². The Kier molecular flexibility index (Phi) is 11.0. The highest BCUT2D eigenvalue weighted by molar-refractivity contribution is 7.89. The van der Waals surface area contributed by atoms with Gasteiger partial charge in [-0.1, -0.05) is 0 Å². The molecule has 15 heavy (non-hydrogen) atoms. The first-order chi connectivity index (χ1) is 5.55. The second-order valence-electron chi connectivity index (χ2n) is 2.48. The highest BCUT2D eigenvalue weighted by atomic mass is 35.5. The minimum absolute atomic E-state index is 0. The van der Waals surface area contributed by atoms with Gasteiger partial charge in [0.25, 0.3) is 0 Å². The van der Waals surface area contributed by atoms with Crippen molar-refractivity contribution in [1.29, 1.82) is 0 Å². The highest BCUT2D eigenvalue weighted by Crippen LogP contribution is 2.09. The molecular formula is C7H13Cl3N2O2S. The maximum atomic E-state index is 11.4. The van der Waals surface area contributed by atoms with E-state index in [-0.39, 0.29) is 42.1 Å². The van der Waals surface area contributed by atoms with Crippen LogP contribution >= 0.6 is 37.2 Å². The summed E-state index contributed by atoms with van der Waals surface area (Å²) in [6.45, 7) is 0. The minimum Gasteiger partial charge on any atom is -0.263 e. The van der Waals surface area contributed by atoms with Gasteiger partial charge in [0.05, 0.1) is 0 Å². The summed E-state index contributed by atoms with van der Waals surface area (Å²) in [4.78, 5) is 3.95. The zero-order chi connectivity index (χ0) is 9.19. The molecule has 0 atom stereocenters. The number of halogens is 3. The Morgan fingerprint density at radius 1 is 1.20 bits per heavy atom. The summed E-state index contributed by atoms with van der Waals surface area (Å²) in [5, 5.41) is 0. The van der Waals surface area contributed by atoms with Crippen molar-refractivity contribution in [3.63, 3.8) is 0 Å². The van der Waals surface area contributed by atoms with E-state index in [2.05, 4.69) is 4.98 Å². The average Bonchev–Trinajstić information content (AvgIpc) is 2.06. The molecule has 1 rings (SSSR count). The summed E-state index contributed by atoms with van der Waals surface area (Å²) in [6, 6.07) is 3.11. The van der Waals surface area contributed by atoms with Crippen LogP contribution in [0.1, 0.15) is 0 Å². The summed E-state index contributed by atoms with van der Waals surface area (Å²) in [5.41, 5.74) is 0. The molecule has 4 nitrogen and oxygen atoms in total. The van der Waals surface area contributed by atoms with Crippen molar-refractivity contribution in [2.24, 2.45) is 0 Å². The maximum absolute atomic E-state index is 11.4. The predicted molar refractivity (Wildman–Crippen MR) is 66.9 cm³/mol. The fourth-order valence-corrected chi connectivity index (χ4v) is 1.58.